The van der Waals surface area contributed by atoms with Gasteiger partial charge in [0.25, 0.3) is 5.91 Å². The number of carbonyl (C=O) groups excluding carboxylic acids is 1. The van der Waals surface area contributed by atoms with Crippen molar-refractivity contribution >= 4 is 21.8 Å². The second-order valence-electron chi connectivity index (χ2n) is 6.39. The Balaban J connectivity index is 1.60. The summed E-state index contributed by atoms with van der Waals surface area (Å²) in [5.74, 6) is -0.197. The molecule has 1 aliphatic heterocycles. The van der Waals surface area contributed by atoms with Crippen molar-refractivity contribution in [3.8, 4) is 0 Å². The van der Waals surface area contributed by atoms with Gasteiger partial charge in [-0.2, -0.15) is 0 Å². The molecule has 0 fully saturated rings. The third-order valence-electron chi connectivity index (χ3n) is 4.67. The zero-order valence-electron chi connectivity index (χ0n) is 14.0. The lowest BCUT2D eigenvalue weighted by Gasteiger charge is -2.34. The summed E-state index contributed by atoms with van der Waals surface area (Å²) in [6.45, 7) is 1.12. The van der Waals surface area contributed by atoms with E-state index in [1.54, 1.807) is 18.5 Å². The smallest absolute Gasteiger partial charge is 0.250 e. The third-order valence-corrected chi connectivity index (χ3v) is 5.16. The van der Waals surface area contributed by atoms with Crippen LogP contribution in [-0.2, 0) is 17.8 Å². The molecule has 0 saturated heterocycles. The van der Waals surface area contributed by atoms with Crippen LogP contribution in [0.15, 0.2) is 65.5 Å². The Kier molecular flexibility index (Phi) is 4.59. The molecular formula is C20H17BrFN3O. The normalized spacial score (nSPS) is 16.6. The van der Waals surface area contributed by atoms with E-state index in [0.29, 0.717) is 19.5 Å². The van der Waals surface area contributed by atoms with Crippen LogP contribution in [0.4, 0.5) is 4.39 Å². The van der Waals surface area contributed by atoms with E-state index in [0.717, 1.165) is 21.3 Å². The van der Waals surface area contributed by atoms with E-state index in [1.807, 2.05) is 39.9 Å². The van der Waals surface area contributed by atoms with Gasteiger partial charge >= 0.3 is 0 Å². The molecule has 0 saturated carbocycles. The van der Waals surface area contributed by atoms with E-state index in [2.05, 4.69) is 20.9 Å². The number of rotatable bonds is 4. The summed E-state index contributed by atoms with van der Waals surface area (Å²) in [4.78, 5) is 19.3. The number of aromatic nitrogens is 2. The van der Waals surface area contributed by atoms with Crippen molar-refractivity contribution in [2.45, 2.75) is 19.0 Å². The SMILES string of the molecule is O=C1C(c2cccc(Br)c2)n2cncc2CN1CCc1ccc(F)cc1. The second-order valence-corrected chi connectivity index (χ2v) is 7.30. The first kappa shape index (κ1) is 17.0. The Morgan fingerprint density at radius 3 is 2.77 bits per heavy atom. The highest BCUT2D eigenvalue weighted by molar-refractivity contribution is 9.10. The molecule has 1 unspecified atom stereocenters. The molecule has 1 atom stereocenters. The molecule has 26 heavy (non-hydrogen) atoms. The van der Waals surface area contributed by atoms with Crippen molar-refractivity contribution in [1.82, 2.24) is 14.5 Å². The van der Waals surface area contributed by atoms with Crippen molar-refractivity contribution in [2.75, 3.05) is 6.54 Å². The van der Waals surface area contributed by atoms with Crippen molar-refractivity contribution in [1.29, 1.82) is 0 Å². The van der Waals surface area contributed by atoms with Gasteiger partial charge in [0, 0.05) is 17.2 Å². The zero-order valence-corrected chi connectivity index (χ0v) is 15.6. The van der Waals surface area contributed by atoms with Gasteiger partial charge in [0.1, 0.15) is 11.9 Å². The van der Waals surface area contributed by atoms with Gasteiger partial charge in [-0.1, -0.05) is 40.2 Å². The van der Waals surface area contributed by atoms with Crippen molar-refractivity contribution in [3.05, 3.63) is 88.2 Å². The van der Waals surface area contributed by atoms with Crippen molar-refractivity contribution < 1.29 is 9.18 Å². The molecule has 3 aromatic rings. The standard InChI is InChI=1S/C20H17BrFN3O/c21-16-3-1-2-15(10-16)19-20(26)24(12-18-11-23-13-25(18)19)9-8-14-4-6-17(22)7-5-14/h1-7,10-11,13,19H,8-9,12H2. The number of benzene rings is 2. The van der Waals surface area contributed by atoms with Gasteiger partial charge in [-0.05, 0) is 41.8 Å². The molecule has 1 aromatic heterocycles. The molecule has 1 amide bonds. The summed E-state index contributed by atoms with van der Waals surface area (Å²) in [6, 6.07) is 13.8. The number of imidazole rings is 1. The van der Waals surface area contributed by atoms with E-state index in [-0.39, 0.29) is 11.7 Å². The average Bonchev–Trinajstić information content (AvgIpc) is 3.09. The third kappa shape index (κ3) is 3.29. The first-order valence-corrected chi connectivity index (χ1v) is 9.20. The van der Waals surface area contributed by atoms with Crippen LogP contribution in [0.3, 0.4) is 0 Å². The Labute approximate surface area is 159 Å². The van der Waals surface area contributed by atoms with Gasteiger partial charge in [0.2, 0.25) is 0 Å². The Bertz CT molecular complexity index is 938. The molecule has 4 nitrogen and oxygen atoms in total. The van der Waals surface area contributed by atoms with Crippen LogP contribution >= 0.6 is 15.9 Å². The Morgan fingerprint density at radius 2 is 2.00 bits per heavy atom. The van der Waals surface area contributed by atoms with Crippen LogP contribution in [0, 0.1) is 5.82 Å². The van der Waals surface area contributed by atoms with Crippen molar-refractivity contribution in [3.63, 3.8) is 0 Å². The molecule has 1 aliphatic rings. The largest absolute Gasteiger partial charge is 0.334 e. The number of hydrogen-bond acceptors (Lipinski definition) is 2. The van der Waals surface area contributed by atoms with Crippen LogP contribution < -0.4 is 0 Å². The molecule has 2 aromatic carbocycles. The summed E-state index contributed by atoms with van der Waals surface area (Å²) >= 11 is 3.48. The van der Waals surface area contributed by atoms with Crippen molar-refractivity contribution in [2.24, 2.45) is 0 Å². The summed E-state index contributed by atoms with van der Waals surface area (Å²) in [5.41, 5.74) is 2.95. The van der Waals surface area contributed by atoms with E-state index in [1.165, 1.54) is 12.1 Å². The van der Waals surface area contributed by atoms with Crippen LogP contribution in [0.2, 0.25) is 0 Å². The van der Waals surface area contributed by atoms with Gasteiger partial charge in [0.15, 0.2) is 0 Å². The summed E-state index contributed by atoms with van der Waals surface area (Å²) in [7, 11) is 0. The van der Waals surface area contributed by atoms with E-state index in [9.17, 15) is 9.18 Å². The number of halogens is 2. The van der Waals surface area contributed by atoms with Gasteiger partial charge in [-0.15, -0.1) is 0 Å². The fourth-order valence-electron chi connectivity index (χ4n) is 3.34. The fourth-order valence-corrected chi connectivity index (χ4v) is 3.75. The van der Waals surface area contributed by atoms with E-state index >= 15 is 0 Å². The molecule has 4 rings (SSSR count). The molecule has 2 heterocycles. The first-order valence-electron chi connectivity index (χ1n) is 8.41. The summed E-state index contributed by atoms with van der Waals surface area (Å²) in [6.07, 6.45) is 4.21. The number of nitrogens with zero attached hydrogens (tertiary/aromatic N) is 3. The van der Waals surface area contributed by atoms with Gasteiger partial charge in [-0.25, -0.2) is 9.37 Å². The number of hydrogen-bond donors (Lipinski definition) is 0. The quantitative estimate of drug-likeness (QED) is 0.649. The number of fused-ring (bicyclic) bond motifs is 1. The number of amides is 1. The second kappa shape index (κ2) is 7.03. The molecule has 0 aliphatic carbocycles. The van der Waals surface area contributed by atoms with Crippen LogP contribution in [0.5, 0.6) is 0 Å². The molecule has 0 N–H and O–H groups in total. The monoisotopic (exact) mass is 413 g/mol. The fraction of sp³-hybridized carbons (Fsp3) is 0.200. The average molecular weight is 414 g/mol. The zero-order chi connectivity index (χ0) is 18.1. The predicted molar refractivity (Wildman–Crippen MR) is 100 cm³/mol. The minimum absolute atomic E-state index is 0.0516. The molecular weight excluding hydrogens is 397 g/mol. The minimum Gasteiger partial charge on any atom is -0.334 e. The maximum absolute atomic E-state index is 13.2. The molecule has 0 radical (unpaired) electrons. The van der Waals surface area contributed by atoms with Gasteiger partial charge < -0.3 is 9.47 Å². The highest BCUT2D eigenvalue weighted by Gasteiger charge is 2.33. The van der Waals surface area contributed by atoms with E-state index < -0.39 is 6.04 Å². The molecule has 6 heteroatoms. The predicted octanol–water partition coefficient (Wildman–Crippen LogP) is 3.96. The van der Waals surface area contributed by atoms with Crippen LogP contribution in [0.25, 0.3) is 0 Å². The Hall–Kier alpha value is -2.47. The Morgan fingerprint density at radius 1 is 1.19 bits per heavy atom. The lowest BCUT2D eigenvalue weighted by Crippen LogP contribution is -2.43. The molecule has 0 bridgehead atoms. The highest BCUT2D eigenvalue weighted by Crippen LogP contribution is 2.29. The van der Waals surface area contributed by atoms with Crippen LogP contribution in [-0.4, -0.2) is 26.9 Å². The van der Waals surface area contributed by atoms with E-state index in [4.69, 9.17) is 0 Å². The number of carbonyl (C=O) groups is 1. The first-order chi connectivity index (χ1) is 12.6. The lowest BCUT2D eigenvalue weighted by atomic mass is 10.0. The lowest BCUT2D eigenvalue weighted by molar-refractivity contribution is -0.136. The maximum Gasteiger partial charge on any atom is 0.250 e. The topological polar surface area (TPSA) is 38.1 Å². The van der Waals surface area contributed by atoms with Crippen LogP contribution in [0.1, 0.15) is 22.9 Å². The molecule has 0 spiro atoms. The summed E-state index contributed by atoms with van der Waals surface area (Å²) in [5, 5.41) is 0. The minimum atomic E-state index is -0.410. The summed E-state index contributed by atoms with van der Waals surface area (Å²) < 4.78 is 15.9. The highest BCUT2D eigenvalue weighted by atomic mass is 79.9. The van der Waals surface area contributed by atoms with Gasteiger partial charge in [0.05, 0.1) is 18.6 Å². The molecule has 132 valence electrons. The maximum atomic E-state index is 13.2. The van der Waals surface area contributed by atoms with Gasteiger partial charge in [-0.3, -0.25) is 4.79 Å².